The Bertz CT molecular complexity index is 1150. The molecule has 0 saturated carbocycles. The second-order valence-corrected chi connectivity index (χ2v) is 7.34. The summed E-state index contributed by atoms with van der Waals surface area (Å²) in [5.41, 5.74) is 3.67. The Morgan fingerprint density at radius 3 is 2.82 bits per heavy atom. The number of nitrogens with zero attached hydrogens (tertiary/aromatic N) is 5. The lowest BCUT2D eigenvalue weighted by atomic mass is 10.2. The number of halogens is 1. The fraction of sp³-hybridized carbons (Fsp3) is 0.105. The van der Waals surface area contributed by atoms with Crippen LogP contribution in [-0.4, -0.2) is 36.5 Å². The van der Waals surface area contributed by atoms with E-state index >= 15 is 0 Å². The number of carbonyl (C=O) groups excluding carboxylic acids is 1. The van der Waals surface area contributed by atoms with Crippen molar-refractivity contribution in [3.05, 3.63) is 65.3 Å². The third-order valence-electron chi connectivity index (χ3n) is 3.95. The molecule has 0 spiro atoms. The lowest BCUT2D eigenvalue weighted by molar-refractivity contribution is -0.113. The topological polar surface area (TPSA) is 85.1 Å². The number of fused-ring (bicyclic) bond motifs is 1. The molecule has 9 heteroatoms. The smallest absolute Gasteiger partial charge is 0.234 e. The summed E-state index contributed by atoms with van der Waals surface area (Å²) in [6.07, 6.45) is 1.71. The molecule has 0 saturated heterocycles. The van der Waals surface area contributed by atoms with Gasteiger partial charge < -0.3 is 5.32 Å². The number of thioether (sulfide) groups is 1. The minimum atomic E-state index is -0.164. The highest BCUT2D eigenvalue weighted by atomic mass is 35.5. The molecule has 140 valence electrons. The van der Waals surface area contributed by atoms with Crippen molar-refractivity contribution in [2.24, 2.45) is 0 Å². The van der Waals surface area contributed by atoms with Crippen molar-refractivity contribution >= 4 is 40.6 Å². The summed E-state index contributed by atoms with van der Waals surface area (Å²) in [6.45, 7) is 1.91. The third-order valence-corrected chi connectivity index (χ3v) is 5.28. The SMILES string of the molecule is Cc1ccc(NC(=O)CSc2nnc3ccc(-c4ccccn4)nn23)cc1Cl. The highest BCUT2D eigenvalue weighted by molar-refractivity contribution is 7.99. The molecule has 7 nitrogen and oxygen atoms in total. The Kier molecular flexibility index (Phi) is 5.23. The van der Waals surface area contributed by atoms with Gasteiger partial charge in [0.1, 0.15) is 5.69 Å². The number of aryl methyl sites for hydroxylation is 1. The van der Waals surface area contributed by atoms with Gasteiger partial charge >= 0.3 is 0 Å². The fourth-order valence-corrected chi connectivity index (χ4v) is 3.38. The lowest BCUT2D eigenvalue weighted by Crippen LogP contribution is -2.14. The van der Waals surface area contributed by atoms with Crippen LogP contribution in [0.15, 0.2) is 59.9 Å². The zero-order chi connectivity index (χ0) is 19.5. The van der Waals surface area contributed by atoms with Gasteiger partial charge in [0.15, 0.2) is 5.65 Å². The number of hydrogen-bond acceptors (Lipinski definition) is 6. The Labute approximate surface area is 170 Å². The number of hydrogen-bond donors (Lipinski definition) is 1. The Hall–Kier alpha value is -2.97. The van der Waals surface area contributed by atoms with E-state index in [0.717, 1.165) is 11.3 Å². The van der Waals surface area contributed by atoms with Crippen molar-refractivity contribution < 1.29 is 4.79 Å². The first kappa shape index (κ1) is 18.4. The first-order chi connectivity index (χ1) is 13.6. The van der Waals surface area contributed by atoms with Gasteiger partial charge in [-0.25, -0.2) is 0 Å². The van der Waals surface area contributed by atoms with E-state index in [9.17, 15) is 4.79 Å². The average molecular weight is 411 g/mol. The van der Waals surface area contributed by atoms with E-state index in [-0.39, 0.29) is 11.7 Å². The Balaban J connectivity index is 1.48. The van der Waals surface area contributed by atoms with Crippen molar-refractivity contribution in [3.63, 3.8) is 0 Å². The highest BCUT2D eigenvalue weighted by Gasteiger charge is 2.12. The molecule has 1 amide bonds. The summed E-state index contributed by atoms with van der Waals surface area (Å²) >= 11 is 7.35. The van der Waals surface area contributed by atoms with Crippen LogP contribution < -0.4 is 5.32 Å². The van der Waals surface area contributed by atoms with Gasteiger partial charge in [0.25, 0.3) is 0 Å². The van der Waals surface area contributed by atoms with Crippen LogP contribution in [0.2, 0.25) is 5.02 Å². The van der Waals surface area contributed by atoms with E-state index in [1.807, 2.05) is 49.4 Å². The van der Waals surface area contributed by atoms with Crippen molar-refractivity contribution in [1.29, 1.82) is 0 Å². The molecular formula is C19H15ClN6OS. The summed E-state index contributed by atoms with van der Waals surface area (Å²) in [5, 5.41) is 16.7. The van der Waals surface area contributed by atoms with E-state index in [1.165, 1.54) is 11.8 Å². The van der Waals surface area contributed by atoms with Gasteiger partial charge in [-0.1, -0.05) is 35.5 Å². The van der Waals surface area contributed by atoms with Gasteiger partial charge in [-0.05, 0) is 48.9 Å². The first-order valence-electron chi connectivity index (χ1n) is 8.43. The number of benzene rings is 1. The Morgan fingerprint density at radius 1 is 1.14 bits per heavy atom. The first-order valence-corrected chi connectivity index (χ1v) is 9.79. The van der Waals surface area contributed by atoms with Gasteiger partial charge in [0.2, 0.25) is 11.1 Å². The fourth-order valence-electron chi connectivity index (χ4n) is 2.51. The van der Waals surface area contributed by atoms with Gasteiger partial charge in [-0.3, -0.25) is 9.78 Å². The van der Waals surface area contributed by atoms with Crippen LogP contribution in [0.1, 0.15) is 5.56 Å². The number of carbonyl (C=O) groups is 1. The second kappa shape index (κ2) is 7.95. The maximum Gasteiger partial charge on any atom is 0.234 e. The number of anilines is 1. The number of aromatic nitrogens is 5. The van der Waals surface area contributed by atoms with Gasteiger partial charge in [-0.15, -0.1) is 10.2 Å². The van der Waals surface area contributed by atoms with E-state index in [1.54, 1.807) is 16.8 Å². The van der Waals surface area contributed by atoms with Gasteiger partial charge in [-0.2, -0.15) is 9.61 Å². The molecule has 0 bridgehead atoms. The minimum Gasteiger partial charge on any atom is -0.325 e. The zero-order valence-electron chi connectivity index (χ0n) is 14.8. The molecule has 4 rings (SSSR count). The van der Waals surface area contributed by atoms with E-state index in [0.29, 0.717) is 27.2 Å². The summed E-state index contributed by atoms with van der Waals surface area (Å²) in [4.78, 5) is 16.6. The van der Waals surface area contributed by atoms with Gasteiger partial charge in [0, 0.05) is 16.9 Å². The average Bonchev–Trinajstić information content (AvgIpc) is 3.12. The summed E-state index contributed by atoms with van der Waals surface area (Å²) in [5.74, 6) is 0.00413. The van der Waals surface area contributed by atoms with Crippen LogP contribution in [0, 0.1) is 6.92 Å². The molecule has 0 aliphatic rings. The summed E-state index contributed by atoms with van der Waals surface area (Å²) < 4.78 is 1.62. The minimum absolute atomic E-state index is 0.164. The van der Waals surface area contributed by atoms with Crippen molar-refractivity contribution in [2.45, 2.75) is 12.1 Å². The van der Waals surface area contributed by atoms with Crippen molar-refractivity contribution in [3.8, 4) is 11.4 Å². The van der Waals surface area contributed by atoms with Crippen molar-refractivity contribution in [1.82, 2.24) is 24.8 Å². The Morgan fingerprint density at radius 2 is 2.04 bits per heavy atom. The molecule has 0 aliphatic carbocycles. The van der Waals surface area contributed by atoms with Crippen LogP contribution in [-0.2, 0) is 4.79 Å². The highest BCUT2D eigenvalue weighted by Crippen LogP contribution is 2.22. The molecule has 3 aromatic heterocycles. The number of amides is 1. The van der Waals surface area contributed by atoms with Crippen LogP contribution in [0.3, 0.4) is 0 Å². The second-order valence-electron chi connectivity index (χ2n) is 5.99. The van der Waals surface area contributed by atoms with Crippen LogP contribution in [0.25, 0.3) is 17.0 Å². The van der Waals surface area contributed by atoms with Crippen LogP contribution >= 0.6 is 23.4 Å². The molecule has 0 radical (unpaired) electrons. The predicted octanol–water partition coefficient (Wildman–Crippen LogP) is 3.88. The molecule has 4 aromatic rings. The number of nitrogens with one attached hydrogen (secondary N) is 1. The molecule has 1 aromatic carbocycles. The molecule has 0 unspecified atom stereocenters. The molecule has 0 atom stereocenters. The monoisotopic (exact) mass is 410 g/mol. The third kappa shape index (κ3) is 3.97. The van der Waals surface area contributed by atoms with Crippen LogP contribution in [0.5, 0.6) is 0 Å². The largest absolute Gasteiger partial charge is 0.325 e. The standard InChI is InChI=1S/C19H15ClN6OS/c1-12-5-6-13(10-14(12)20)22-18(27)11-28-19-24-23-17-8-7-16(25-26(17)19)15-4-2-3-9-21-15/h2-10H,11H2,1H3,(H,22,27). The summed E-state index contributed by atoms with van der Waals surface area (Å²) in [7, 11) is 0. The van der Waals surface area contributed by atoms with E-state index < -0.39 is 0 Å². The van der Waals surface area contributed by atoms with E-state index in [2.05, 4.69) is 25.6 Å². The van der Waals surface area contributed by atoms with Crippen molar-refractivity contribution in [2.75, 3.05) is 11.1 Å². The normalized spacial score (nSPS) is 10.9. The summed E-state index contributed by atoms with van der Waals surface area (Å²) in [6, 6.07) is 14.7. The molecule has 3 heterocycles. The predicted molar refractivity (Wildman–Crippen MR) is 110 cm³/mol. The maximum absolute atomic E-state index is 12.3. The number of pyridine rings is 1. The molecule has 0 aliphatic heterocycles. The lowest BCUT2D eigenvalue weighted by Gasteiger charge is -2.06. The van der Waals surface area contributed by atoms with E-state index in [4.69, 9.17) is 11.6 Å². The maximum atomic E-state index is 12.3. The molecular weight excluding hydrogens is 396 g/mol. The van der Waals surface area contributed by atoms with Gasteiger partial charge in [0.05, 0.1) is 11.4 Å². The molecule has 1 N–H and O–H groups in total. The number of rotatable bonds is 5. The molecule has 28 heavy (non-hydrogen) atoms. The van der Waals surface area contributed by atoms with Crippen LogP contribution in [0.4, 0.5) is 5.69 Å². The zero-order valence-corrected chi connectivity index (χ0v) is 16.4. The quantitative estimate of drug-likeness (QED) is 0.502. The molecule has 0 fully saturated rings.